The van der Waals surface area contributed by atoms with E-state index in [9.17, 15) is 0 Å². The molecule has 0 bridgehead atoms. The lowest BCUT2D eigenvalue weighted by Gasteiger charge is -2.13. The van der Waals surface area contributed by atoms with Gasteiger partial charge in [-0.15, -0.1) is 0 Å². The molecule has 0 aliphatic heterocycles. The van der Waals surface area contributed by atoms with Gasteiger partial charge in [-0.25, -0.2) is 0 Å². The molecule has 0 aromatic heterocycles. The first-order valence-electron chi connectivity index (χ1n) is 5.17. The average Bonchev–Trinajstić information content (AvgIpc) is 2.12. The first-order valence-corrected chi connectivity index (χ1v) is 5.17. The number of benzene rings is 1. The van der Waals surface area contributed by atoms with E-state index < -0.39 is 0 Å². The highest BCUT2D eigenvalue weighted by atomic mass is 14.6. The van der Waals surface area contributed by atoms with Crippen molar-refractivity contribution in [2.75, 3.05) is 6.54 Å². The number of hydrogen-bond donors (Lipinski definition) is 2. The molecular formula is C12H20N2. The zero-order valence-corrected chi connectivity index (χ0v) is 9.09. The van der Waals surface area contributed by atoms with Gasteiger partial charge in [-0.05, 0) is 38.8 Å². The van der Waals surface area contributed by atoms with Gasteiger partial charge in [-0.1, -0.05) is 29.3 Å². The molecule has 2 heteroatoms. The fourth-order valence-corrected chi connectivity index (χ4v) is 1.73. The summed E-state index contributed by atoms with van der Waals surface area (Å²) in [5, 5.41) is 0. The lowest BCUT2D eigenvalue weighted by molar-refractivity contribution is 0.617. The fourth-order valence-electron chi connectivity index (χ4n) is 1.73. The second-order valence-electron chi connectivity index (χ2n) is 3.96. The van der Waals surface area contributed by atoms with E-state index in [2.05, 4.69) is 32.0 Å². The van der Waals surface area contributed by atoms with Crippen LogP contribution < -0.4 is 11.5 Å². The third-order valence-corrected chi connectivity index (χ3v) is 2.39. The van der Waals surface area contributed by atoms with Gasteiger partial charge < -0.3 is 11.5 Å². The van der Waals surface area contributed by atoms with Crippen LogP contribution in [0.4, 0.5) is 0 Å². The first kappa shape index (κ1) is 11.2. The predicted octanol–water partition coefficient (Wildman–Crippen LogP) is 2.04. The molecule has 2 nitrogen and oxygen atoms in total. The quantitative estimate of drug-likeness (QED) is 0.767. The van der Waals surface area contributed by atoms with Gasteiger partial charge in [0.05, 0.1) is 0 Å². The molecule has 0 unspecified atom stereocenters. The monoisotopic (exact) mass is 192 g/mol. The summed E-state index contributed by atoms with van der Waals surface area (Å²) in [5.74, 6) is 0. The molecular weight excluding hydrogens is 172 g/mol. The molecule has 78 valence electrons. The lowest BCUT2D eigenvalue weighted by atomic mass is 9.99. The predicted molar refractivity (Wildman–Crippen MR) is 61.1 cm³/mol. The molecule has 1 aromatic carbocycles. The first-order chi connectivity index (χ1) is 6.63. The van der Waals surface area contributed by atoms with Crippen molar-refractivity contribution in [1.82, 2.24) is 0 Å². The molecule has 0 radical (unpaired) electrons. The molecule has 0 amide bonds. The summed E-state index contributed by atoms with van der Waals surface area (Å²) >= 11 is 0. The second-order valence-corrected chi connectivity index (χ2v) is 3.96. The van der Waals surface area contributed by atoms with Crippen LogP contribution in [-0.4, -0.2) is 6.54 Å². The number of nitrogens with two attached hydrogens (primary N) is 2. The molecule has 14 heavy (non-hydrogen) atoms. The third kappa shape index (κ3) is 3.13. The van der Waals surface area contributed by atoms with Crippen LogP contribution in [0.3, 0.4) is 0 Å². The molecule has 1 aromatic rings. The van der Waals surface area contributed by atoms with Gasteiger partial charge in [0, 0.05) is 6.04 Å². The van der Waals surface area contributed by atoms with E-state index in [1.165, 1.54) is 16.7 Å². The zero-order valence-electron chi connectivity index (χ0n) is 9.09. The van der Waals surface area contributed by atoms with Crippen LogP contribution in [0.2, 0.25) is 0 Å². The number of hydrogen-bond acceptors (Lipinski definition) is 2. The summed E-state index contributed by atoms with van der Waals surface area (Å²) in [7, 11) is 0. The van der Waals surface area contributed by atoms with Gasteiger partial charge in [0.25, 0.3) is 0 Å². The summed E-state index contributed by atoms with van der Waals surface area (Å²) < 4.78 is 0. The van der Waals surface area contributed by atoms with E-state index >= 15 is 0 Å². The Kier molecular flexibility index (Phi) is 4.11. The van der Waals surface area contributed by atoms with Crippen LogP contribution in [0.25, 0.3) is 0 Å². The minimum Gasteiger partial charge on any atom is -0.330 e. The Hall–Kier alpha value is -0.860. The Morgan fingerprint density at radius 3 is 2.21 bits per heavy atom. The number of rotatable bonds is 4. The number of aryl methyl sites for hydroxylation is 2. The topological polar surface area (TPSA) is 52.0 Å². The molecule has 0 saturated heterocycles. The van der Waals surface area contributed by atoms with Gasteiger partial charge >= 0.3 is 0 Å². The highest BCUT2D eigenvalue weighted by molar-refractivity contribution is 5.30. The maximum atomic E-state index is 6.06. The molecule has 0 heterocycles. The largest absolute Gasteiger partial charge is 0.330 e. The Labute approximate surface area is 86.3 Å². The zero-order chi connectivity index (χ0) is 10.6. The van der Waals surface area contributed by atoms with Crippen LogP contribution in [0.15, 0.2) is 18.2 Å². The smallest absolute Gasteiger partial charge is 0.0295 e. The van der Waals surface area contributed by atoms with E-state index in [1.54, 1.807) is 0 Å². The van der Waals surface area contributed by atoms with Crippen LogP contribution >= 0.6 is 0 Å². The van der Waals surface area contributed by atoms with Crippen molar-refractivity contribution in [3.63, 3.8) is 0 Å². The summed E-state index contributed by atoms with van der Waals surface area (Å²) in [4.78, 5) is 0. The Morgan fingerprint density at radius 1 is 1.14 bits per heavy atom. The molecule has 0 fully saturated rings. The summed E-state index contributed by atoms with van der Waals surface area (Å²) in [6, 6.07) is 6.62. The third-order valence-electron chi connectivity index (χ3n) is 2.39. The maximum Gasteiger partial charge on any atom is 0.0295 e. The fraction of sp³-hybridized carbons (Fsp3) is 0.500. The SMILES string of the molecule is Cc1cc(C)cc([C@@H](N)CCCN)c1. The molecule has 4 N–H and O–H groups in total. The minimum absolute atomic E-state index is 0.136. The van der Waals surface area contributed by atoms with E-state index in [1.807, 2.05) is 0 Å². The Morgan fingerprint density at radius 2 is 1.71 bits per heavy atom. The normalized spacial score (nSPS) is 12.9. The van der Waals surface area contributed by atoms with Crippen LogP contribution in [0.5, 0.6) is 0 Å². The van der Waals surface area contributed by atoms with Crippen molar-refractivity contribution in [1.29, 1.82) is 0 Å². The van der Waals surface area contributed by atoms with E-state index in [-0.39, 0.29) is 6.04 Å². The van der Waals surface area contributed by atoms with E-state index in [0.29, 0.717) is 0 Å². The summed E-state index contributed by atoms with van der Waals surface area (Å²) in [5.41, 5.74) is 15.3. The van der Waals surface area contributed by atoms with Crippen molar-refractivity contribution in [3.05, 3.63) is 34.9 Å². The van der Waals surface area contributed by atoms with Crippen molar-refractivity contribution >= 4 is 0 Å². The molecule has 0 aliphatic rings. The molecule has 0 aliphatic carbocycles. The molecule has 0 spiro atoms. The highest BCUT2D eigenvalue weighted by Gasteiger charge is 2.05. The Balaban J connectivity index is 2.73. The summed E-state index contributed by atoms with van der Waals surface area (Å²) in [6.07, 6.45) is 1.97. The van der Waals surface area contributed by atoms with Gasteiger partial charge in [0.1, 0.15) is 0 Å². The van der Waals surface area contributed by atoms with Crippen molar-refractivity contribution in [3.8, 4) is 0 Å². The van der Waals surface area contributed by atoms with Crippen LogP contribution in [0.1, 0.15) is 35.6 Å². The second kappa shape index (κ2) is 5.13. The van der Waals surface area contributed by atoms with E-state index in [4.69, 9.17) is 11.5 Å². The van der Waals surface area contributed by atoms with E-state index in [0.717, 1.165) is 19.4 Å². The van der Waals surface area contributed by atoms with Crippen LogP contribution in [-0.2, 0) is 0 Å². The average molecular weight is 192 g/mol. The highest BCUT2D eigenvalue weighted by Crippen LogP contribution is 2.18. The molecule has 1 rings (SSSR count). The summed E-state index contributed by atoms with van der Waals surface area (Å²) in [6.45, 7) is 4.93. The van der Waals surface area contributed by atoms with Gasteiger partial charge in [0.2, 0.25) is 0 Å². The van der Waals surface area contributed by atoms with Crippen LogP contribution in [0, 0.1) is 13.8 Å². The lowest BCUT2D eigenvalue weighted by Crippen LogP contribution is -2.12. The van der Waals surface area contributed by atoms with Crippen molar-refractivity contribution in [2.45, 2.75) is 32.7 Å². The van der Waals surface area contributed by atoms with Gasteiger partial charge in [-0.2, -0.15) is 0 Å². The Bertz CT molecular complexity index is 274. The molecule has 1 atom stereocenters. The van der Waals surface area contributed by atoms with Gasteiger partial charge in [0.15, 0.2) is 0 Å². The standard InChI is InChI=1S/C12H20N2/c1-9-6-10(2)8-11(7-9)12(14)4-3-5-13/h6-8,12H,3-5,13-14H2,1-2H3/t12-/m0/s1. The van der Waals surface area contributed by atoms with Crippen molar-refractivity contribution in [2.24, 2.45) is 11.5 Å². The molecule has 0 saturated carbocycles. The van der Waals surface area contributed by atoms with Gasteiger partial charge in [-0.3, -0.25) is 0 Å². The minimum atomic E-state index is 0.136. The maximum absolute atomic E-state index is 6.06. The van der Waals surface area contributed by atoms with Crippen molar-refractivity contribution < 1.29 is 0 Å².